The highest BCUT2D eigenvalue weighted by Crippen LogP contribution is 2.16. The summed E-state index contributed by atoms with van der Waals surface area (Å²) in [6.45, 7) is 1.96. The number of anilines is 1. The van der Waals surface area contributed by atoms with Gasteiger partial charge < -0.3 is 11.1 Å². The van der Waals surface area contributed by atoms with E-state index < -0.39 is 10.0 Å². The lowest BCUT2D eigenvalue weighted by atomic mass is 10.3. The summed E-state index contributed by atoms with van der Waals surface area (Å²) in [4.78, 5) is 4.24. The molecule has 0 saturated carbocycles. The summed E-state index contributed by atoms with van der Waals surface area (Å²) in [6, 6.07) is 6.54. The van der Waals surface area contributed by atoms with Gasteiger partial charge in [0.15, 0.2) is 0 Å². The molecule has 0 fully saturated rings. The minimum Gasteiger partial charge on any atom is -0.390 e. The summed E-state index contributed by atoms with van der Waals surface area (Å²) in [5.74, 6) is 0. The van der Waals surface area contributed by atoms with E-state index in [4.69, 9.17) is 5.73 Å². The zero-order valence-corrected chi connectivity index (χ0v) is 11.2. The molecule has 0 radical (unpaired) electrons. The van der Waals surface area contributed by atoms with E-state index in [1.165, 1.54) is 19.5 Å². The average molecular weight is 270 g/mol. The van der Waals surface area contributed by atoms with Gasteiger partial charge in [-0.3, -0.25) is 4.99 Å². The normalized spacial score (nSPS) is 13.7. The molecule has 0 amide bonds. The fourth-order valence-corrected chi connectivity index (χ4v) is 2.19. The van der Waals surface area contributed by atoms with Crippen molar-refractivity contribution in [3.05, 3.63) is 24.3 Å². The highest BCUT2D eigenvalue weighted by molar-refractivity contribution is 7.89. The number of nitrogens with two attached hydrogens (primary N) is 1. The number of nitrogens with zero attached hydrogens (tertiary/aromatic N) is 1. The Kier molecular flexibility index (Phi) is 5.11. The molecule has 7 heteroatoms. The van der Waals surface area contributed by atoms with Crippen LogP contribution in [-0.4, -0.2) is 28.0 Å². The molecule has 0 aliphatic rings. The predicted octanol–water partition coefficient (Wildman–Crippen LogP) is 0.730. The molecule has 0 saturated heterocycles. The standard InChI is InChI=1S/C11H18N4O2S/c1-3-11(14-8-12)15-9-5-4-6-10(7-9)18(16,17)13-2/h4-8,11,13,15H,3H2,1-2H3,(H2,12,14). The largest absolute Gasteiger partial charge is 0.390 e. The first-order valence-electron chi connectivity index (χ1n) is 5.57. The van der Waals surface area contributed by atoms with Gasteiger partial charge in [-0.1, -0.05) is 13.0 Å². The number of rotatable bonds is 6. The number of benzene rings is 1. The van der Waals surface area contributed by atoms with E-state index in [1.807, 2.05) is 6.92 Å². The highest BCUT2D eigenvalue weighted by atomic mass is 32.2. The first-order valence-corrected chi connectivity index (χ1v) is 7.05. The molecule has 0 aliphatic heterocycles. The Morgan fingerprint density at radius 1 is 1.50 bits per heavy atom. The monoisotopic (exact) mass is 270 g/mol. The van der Waals surface area contributed by atoms with Gasteiger partial charge >= 0.3 is 0 Å². The van der Waals surface area contributed by atoms with Crippen molar-refractivity contribution in [2.45, 2.75) is 24.4 Å². The van der Waals surface area contributed by atoms with Gasteiger partial charge in [-0.2, -0.15) is 0 Å². The Hall–Kier alpha value is -1.60. The molecule has 18 heavy (non-hydrogen) atoms. The lowest BCUT2D eigenvalue weighted by molar-refractivity contribution is 0.588. The maximum absolute atomic E-state index is 11.6. The Morgan fingerprint density at radius 3 is 2.78 bits per heavy atom. The van der Waals surface area contributed by atoms with Crippen molar-refractivity contribution < 1.29 is 8.42 Å². The third kappa shape index (κ3) is 3.71. The quantitative estimate of drug-likeness (QED) is 0.524. The van der Waals surface area contributed by atoms with Crippen LogP contribution >= 0.6 is 0 Å². The number of nitrogens with one attached hydrogen (secondary N) is 2. The smallest absolute Gasteiger partial charge is 0.240 e. The van der Waals surface area contributed by atoms with Crippen molar-refractivity contribution in [3.8, 4) is 0 Å². The second kappa shape index (κ2) is 6.36. The first-order chi connectivity index (χ1) is 8.53. The Labute approximate surface area is 107 Å². The topological polar surface area (TPSA) is 96.6 Å². The van der Waals surface area contributed by atoms with E-state index in [0.717, 1.165) is 6.42 Å². The van der Waals surface area contributed by atoms with Crippen LogP contribution in [0.25, 0.3) is 0 Å². The first kappa shape index (κ1) is 14.5. The maximum atomic E-state index is 11.6. The molecule has 6 nitrogen and oxygen atoms in total. The summed E-state index contributed by atoms with van der Waals surface area (Å²) in [5.41, 5.74) is 5.93. The molecular weight excluding hydrogens is 252 g/mol. The van der Waals surface area contributed by atoms with Gasteiger partial charge in [0.1, 0.15) is 6.17 Å². The molecule has 4 N–H and O–H groups in total. The zero-order chi connectivity index (χ0) is 13.6. The van der Waals surface area contributed by atoms with E-state index in [0.29, 0.717) is 5.69 Å². The van der Waals surface area contributed by atoms with Crippen molar-refractivity contribution in [3.63, 3.8) is 0 Å². The number of hydrogen-bond donors (Lipinski definition) is 3. The van der Waals surface area contributed by atoms with Crippen molar-refractivity contribution in [2.75, 3.05) is 12.4 Å². The maximum Gasteiger partial charge on any atom is 0.240 e. The summed E-state index contributed by atoms with van der Waals surface area (Å²) in [5, 5.41) is 3.10. The van der Waals surface area contributed by atoms with Gasteiger partial charge in [-0.05, 0) is 31.7 Å². The summed E-state index contributed by atoms with van der Waals surface area (Å²) in [6.07, 6.45) is 1.81. The Bertz CT molecular complexity index is 514. The molecule has 1 atom stereocenters. The lowest BCUT2D eigenvalue weighted by Crippen LogP contribution is -2.20. The average Bonchev–Trinajstić information content (AvgIpc) is 2.38. The van der Waals surface area contributed by atoms with Crippen LogP contribution in [0.1, 0.15) is 13.3 Å². The van der Waals surface area contributed by atoms with Crippen LogP contribution in [0.3, 0.4) is 0 Å². The molecule has 100 valence electrons. The minimum absolute atomic E-state index is 0.164. The fourth-order valence-electron chi connectivity index (χ4n) is 1.41. The number of aliphatic imine (C=N–C) groups is 1. The SMILES string of the molecule is CCC(N=CN)Nc1cccc(S(=O)(=O)NC)c1. The second-order valence-corrected chi connectivity index (χ2v) is 5.49. The number of hydrogen-bond acceptors (Lipinski definition) is 4. The third-order valence-electron chi connectivity index (χ3n) is 2.40. The summed E-state index contributed by atoms with van der Waals surface area (Å²) >= 11 is 0. The predicted molar refractivity (Wildman–Crippen MR) is 73.1 cm³/mol. The van der Waals surface area contributed by atoms with Crippen molar-refractivity contribution in [1.82, 2.24) is 4.72 Å². The van der Waals surface area contributed by atoms with Crippen molar-refractivity contribution in [2.24, 2.45) is 10.7 Å². The van der Waals surface area contributed by atoms with E-state index in [2.05, 4.69) is 15.0 Å². The van der Waals surface area contributed by atoms with E-state index in [9.17, 15) is 8.42 Å². The van der Waals surface area contributed by atoms with Crippen LogP contribution in [0.2, 0.25) is 0 Å². The van der Waals surface area contributed by atoms with Crippen LogP contribution in [-0.2, 0) is 10.0 Å². The van der Waals surface area contributed by atoms with Gasteiger partial charge in [0.2, 0.25) is 10.0 Å². The molecule has 1 aromatic carbocycles. The Balaban J connectivity index is 2.96. The molecule has 1 rings (SSSR count). The van der Waals surface area contributed by atoms with Crippen LogP contribution in [0.5, 0.6) is 0 Å². The van der Waals surface area contributed by atoms with Crippen LogP contribution in [0.15, 0.2) is 34.2 Å². The molecule has 0 bridgehead atoms. The van der Waals surface area contributed by atoms with E-state index in [-0.39, 0.29) is 11.1 Å². The minimum atomic E-state index is -3.43. The van der Waals surface area contributed by atoms with Gasteiger partial charge in [-0.25, -0.2) is 13.1 Å². The van der Waals surface area contributed by atoms with Crippen LogP contribution in [0, 0.1) is 0 Å². The van der Waals surface area contributed by atoms with E-state index in [1.54, 1.807) is 18.2 Å². The molecule has 1 unspecified atom stereocenters. The summed E-state index contributed by atoms with van der Waals surface area (Å²) < 4.78 is 25.6. The Morgan fingerprint density at radius 2 is 2.22 bits per heavy atom. The van der Waals surface area contributed by atoms with Crippen molar-refractivity contribution >= 4 is 22.0 Å². The molecule has 0 heterocycles. The van der Waals surface area contributed by atoms with Gasteiger partial charge in [0.25, 0.3) is 0 Å². The summed E-state index contributed by atoms with van der Waals surface area (Å²) in [7, 11) is -2.05. The lowest BCUT2D eigenvalue weighted by Gasteiger charge is -2.14. The molecule has 0 aliphatic carbocycles. The van der Waals surface area contributed by atoms with Gasteiger partial charge in [-0.15, -0.1) is 0 Å². The second-order valence-electron chi connectivity index (χ2n) is 3.60. The zero-order valence-electron chi connectivity index (χ0n) is 10.4. The van der Waals surface area contributed by atoms with Gasteiger partial charge in [0.05, 0.1) is 11.2 Å². The highest BCUT2D eigenvalue weighted by Gasteiger charge is 2.12. The number of sulfonamides is 1. The fraction of sp³-hybridized carbons (Fsp3) is 0.364. The molecule has 0 spiro atoms. The molecule has 1 aromatic rings. The van der Waals surface area contributed by atoms with Gasteiger partial charge in [0, 0.05) is 5.69 Å². The molecule has 0 aromatic heterocycles. The third-order valence-corrected chi connectivity index (χ3v) is 3.81. The van der Waals surface area contributed by atoms with Crippen LogP contribution < -0.4 is 15.8 Å². The van der Waals surface area contributed by atoms with Crippen molar-refractivity contribution in [1.29, 1.82) is 0 Å². The van der Waals surface area contributed by atoms with Crippen LogP contribution in [0.4, 0.5) is 5.69 Å². The molecular formula is C11H18N4O2S. The van der Waals surface area contributed by atoms with E-state index >= 15 is 0 Å².